The minimum atomic E-state index is -0.316. The van der Waals surface area contributed by atoms with Gasteiger partial charge in [0, 0.05) is 28.9 Å². The molecule has 2 N–H and O–H groups in total. The first kappa shape index (κ1) is 21.5. The van der Waals surface area contributed by atoms with Gasteiger partial charge in [-0.2, -0.15) is 5.10 Å². The highest BCUT2D eigenvalue weighted by molar-refractivity contribution is 7.13. The number of anilines is 2. The van der Waals surface area contributed by atoms with Gasteiger partial charge in [-0.05, 0) is 56.3 Å². The Kier molecular flexibility index (Phi) is 5.64. The summed E-state index contributed by atoms with van der Waals surface area (Å²) in [6.45, 7) is 4.00. The summed E-state index contributed by atoms with van der Waals surface area (Å²) in [6.07, 6.45) is 4.83. The first-order valence-electron chi connectivity index (χ1n) is 10.5. The van der Waals surface area contributed by atoms with E-state index in [-0.39, 0.29) is 17.9 Å². The number of aromatic nitrogens is 4. The summed E-state index contributed by atoms with van der Waals surface area (Å²) in [5, 5.41) is 13.0. The van der Waals surface area contributed by atoms with Crippen LogP contribution in [0, 0.1) is 0 Å². The smallest absolute Gasteiger partial charge is 0.257 e. The van der Waals surface area contributed by atoms with Crippen LogP contribution in [0.3, 0.4) is 0 Å². The van der Waals surface area contributed by atoms with Crippen LogP contribution in [0.5, 0.6) is 0 Å². The van der Waals surface area contributed by atoms with Gasteiger partial charge < -0.3 is 9.73 Å². The second kappa shape index (κ2) is 8.91. The van der Waals surface area contributed by atoms with Crippen molar-refractivity contribution in [2.24, 2.45) is 0 Å². The average molecular weight is 473 g/mol. The van der Waals surface area contributed by atoms with Crippen LogP contribution in [-0.2, 0) is 0 Å². The molecule has 0 atom stereocenters. The van der Waals surface area contributed by atoms with Crippen LogP contribution >= 0.6 is 11.3 Å². The van der Waals surface area contributed by atoms with Crippen LogP contribution in [0.15, 0.2) is 70.9 Å². The van der Waals surface area contributed by atoms with Gasteiger partial charge in [-0.15, -0.1) is 11.3 Å². The summed E-state index contributed by atoms with van der Waals surface area (Å²) in [6, 6.07) is 12.0. The molecule has 0 fully saturated rings. The molecular weight excluding hydrogens is 452 g/mol. The summed E-state index contributed by atoms with van der Waals surface area (Å²) in [4.78, 5) is 34.4. The van der Waals surface area contributed by atoms with Gasteiger partial charge in [-0.25, -0.2) is 14.6 Å². The first-order valence-corrected chi connectivity index (χ1v) is 11.4. The summed E-state index contributed by atoms with van der Waals surface area (Å²) in [5.74, 6) is -0.0283. The van der Waals surface area contributed by atoms with E-state index in [0.717, 1.165) is 0 Å². The maximum atomic E-state index is 13.3. The topological polar surface area (TPSA) is 115 Å². The Balaban J connectivity index is 1.42. The average Bonchev–Trinajstić information content (AvgIpc) is 3.60. The van der Waals surface area contributed by atoms with Gasteiger partial charge in [0.05, 0.1) is 23.4 Å². The Bertz CT molecular complexity index is 1450. The van der Waals surface area contributed by atoms with E-state index in [0.29, 0.717) is 44.4 Å². The van der Waals surface area contributed by atoms with Crippen molar-refractivity contribution >= 4 is 45.0 Å². The van der Waals surface area contributed by atoms with Gasteiger partial charge in [0.25, 0.3) is 11.8 Å². The molecule has 0 saturated carbocycles. The van der Waals surface area contributed by atoms with E-state index in [1.807, 2.05) is 13.8 Å². The molecule has 0 unspecified atom stereocenters. The van der Waals surface area contributed by atoms with Crippen molar-refractivity contribution in [3.05, 3.63) is 77.6 Å². The first-order chi connectivity index (χ1) is 16.5. The molecule has 4 aromatic heterocycles. The SMILES string of the molecule is CC(C)n1ncc2c(C(=O)Nc3ccc(C(=O)Nc4nccs4)cc3)cc(-c3ccco3)nc21. The summed E-state index contributed by atoms with van der Waals surface area (Å²) in [7, 11) is 0. The Morgan fingerprint density at radius 3 is 2.59 bits per heavy atom. The fraction of sp³-hybridized carbons (Fsp3) is 0.125. The predicted octanol–water partition coefficient (Wildman–Crippen LogP) is 5.23. The monoisotopic (exact) mass is 472 g/mol. The molecule has 0 aliphatic carbocycles. The van der Waals surface area contributed by atoms with Crippen molar-refractivity contribution in [3.8, 4) is 11.5 Å². The van der Waals surface area contributed by atoms with Crippen molar-refractivity contribution in [3.63, 3.8) is 0 Å². The number of hydrogen-bond donors (Lipinski definition) is 2. The van der Waals surface area contributed by atoms with E-state index in [1.54, 1.807) is 71.2 Å². The van der Waals surface area contributed by atoms with Crippen LogP contribution in [0.25, 0.3) is 22.5 Å². The number of carbonyl (C=O) groups excluding carboxylic acids is 2. The van der Waals surface area contributed by atoms with Gasteiger partial charge >= 0.3 is 0 Å². The van der Waals surface area contributed by atoms with Gasteiger partial charge in [-0.3, -0.25) is 14.9 Å². The highest BCUT2D eigenvalue weighted by atomic mass is 32.1. The quantitative estimate of drug-likeness (QED) is 0.350. The lowest BCUT2D eigenvalue weighted by Gasteiger charge is -2.10. The lowest BCUT2D eigenvalue weighted by molar-refractivity contribution is 0.102. The number of benzene rings is 1. The zero-order valence-corrected chi connectivity index (χ0v) is 19.2. The minimum Gasteiger partial charge on any atom is -0.463 e. The molecule has 2 amide bonds. The molecular formula is C24H20N6O3S. The zero-order valence-electron chi connectivity index (χ0n) is 18.4. The minimum absolute atomic E-state index is 0.0656. The maximum Gasteiger partial charge on any atom is 0.257 e. The zero-order chi connectivity index (χ0) is 23.7. The van der Waals surface area contributed by atoms with Crippen LogP contribution in [-0.4, -0.2) is 31.6 Å². The van der Waals surface area contributed by atoms with Crippen LogP contribution in [0.4, 0.5) is 10.8 Å². The molecule has 10 heteroatoms. The highest BCUT2D eigenvalue weighted by Crippen LogP contribution is 2.27. The van der Waals surface area contributed by atoms with E-state index in [2.05, 4.69) is 25.7 Å². The molecule has 0 saturated heterocycles. The molecule has 5 aromatic rings. The Morgan fingerprint density at radius 2 is 1.91 bits per heavy atom. The second-order valence-corrected chi connectivity index (χ2v) is 8.67. The van der Waals surface area contributed by atoms with Crippen molar-refractivity contribution in [2.75, 3.05) is 10.6 Å². The third-order valence-electron chi connectivity index (χ3n) is 5.13. The third-order valence-corrected chi connectivity index (χ3v) is 5.82. The molecule has 34 heavy (non-hydrogen) atoms. The van der Waals surface area contributed by atoms with Crippen molar-refractivity contribution in [1.82, 2.24) is 19.7 Å². The molecule has 1 aromatic carbocycles. The van der Waals surface area contributed by atoms with E-state index < -0.39 is 0 Å². The van der Waals surface area contributed by atoms with E-state index in [4.69, 9.17) is 4.42 Å². The molecule has 5 rings (SSSR count). The fourth-order valence-electron chi connectivity index (χ4n) is 3.49. The lowest BCUT2D eigenvalue weighted by Crippen LogP contribution is -2.14. The van der Waals surface area contributed by atoms with Crippen molar-refractivity contribution in [2.45, 2.75) is 19.9 Å². The number of thiazole rings is 1. The number of carbonyl (C=O) groups is 2. The van der Waals surface area contributed by atoms with E-state index in [9.17, 15) is 9.59 Å². The molecule has 0 aliphatic heterocycles. The highest BCUT2D eigenvalue weighted by Gasteiger charge is 2.20. The molecule has 170 valence electrons. The van der Waals surface area contributed by atoms with Crippen LogP contribution in [0.1, 0.15) is 40.6 Å². The van der Waals surface area contributed by atoms with E-state index in [1.165, 1.54) is 11.3 Å². The number of amides is 2. The molecule has 0 aliphatic rings. The van der Waals surface area contributed by atoms with Crippen LogP contribution < -0.4 is 10.6 Å². The molecule has 0 radical (unpaired) electrons. The number of nitrogens with zero attached hydrogens (tertiary/aromatic N) is 4. The third kappa shape index (κ3) is 4.18. The number of nitrogens with one attached hydrogen (secondary N) is 2. The maximum absolute atomic E-state index is 13.3. The number of pyridine rings is 1. The summed E-state index contributed by atoms with van der Waals surface area (Å²) in [5.41, 5.74) is 2.57. The number of rotatable bonds is 6. The fourth-order valence-corrected chi connectivity index (χ4v) is 4.02. The largest absolute Gasteiger partial charge is 0.463 e. The van der Waals surface area contributed by atoms with Gasteiger partial charge in [0.15, 0.2) is 16.5 Å². The molecule has 9 nitrogen and oxygen atoms in total. The van der Waals surface area contributed by atoms with E-state index >= 15 is 0 Å². The Morgan fingerprint density at radius 1 is 1.09 bits per heavy atom. The Hall–Kier alpha value is -4.31. The molecule has 0 spiro atoms. The number of hydrogen-bond acceptors (Lipinski definition) is 7. The van der Waals surface area contributed by atoms with Crippen LogP contribution in [0.2, 0.25) is 0 Å². The Labute approximate surface area is 198 Å². The van der Waals surface area contributed by atoms with Crippen molar-refractivity contribution < 1.29 is 14.0 Å². The summed E-state index contributed by atoms with van der Waals surface area (Å²) >= 11 is 1.34. The van der Waals surface area contributed by atoms with Gasteiger partial charge in [0.2, 0.25) is 0 Å². The van der Waals surface area contributed by atoms with Gasteiger partial charge in [-0.1, -0.05) is 0 Å². The molecule has 0 bridgehead atoms. The standard InChI is InChI=1S/C24H20N6O3S/c1-14(2)30-21-18(13-26-30)17(12-19(28-21)20-4-3-10-33-20)23(32)27-16-7-5-15(6-8-16)22(31)29-24-25-9-11-34-24/h3-14H,1-2H3,(H,27,32)(H,25,29,31). The predicted molar refractivity (Wildman–Crippen MR) is 130 cm³/mol. The lowest BCUT2D eigenvalue weighted by atomic mass is 10.1. The normalized spacial score (nSPS) is 11.1. The number of fused-ring (bicyclic) bond motifs is 1. The molecule has 4 heterocycles. The number of furan rings is 1. The van der Waals surface area contributed by atoms with Crippen molar-refractivity contribution in [1.29, 1.82) is 0 Å². The summed E-state index contributed by atoms with van der Waals surface area (Å²) < 4.78 is 7.28. The second-order valence-electron chi connectivity index (χ2n) is 7.78. The van der Waals surface area contributed by atoms with Gasteiger partial charge in [0.1, 0.15) is 5.69 Å².